The van der Waals surface area contributed by atoms with Gasteiger partial charge in [0.15, 0.2) is 0 Å². The molecule has 0 bridgehead atoms. The van der Waals surface area contributed by atoms with Gasteiger partial charge in [0.2, 0.25) is 0 Å². The summed E-state index contributed by atoms with van der Waals surface area (Å²) in [6.45, 7) is 10.7. The summed E-state index contributed by atoms with van der Waals surface area (Å²) in [4.78, 5) is 0. The fourth-order valence-corrected chi connectivity index (χ4v) is 4.14. The van der Waals surface area contributed by atoms with Gasteiger partial charge in [0, 0.05) is 0 Å². The lowest BCUT2D eigenvalue weighted by Gasteiger charge is -2.18. The highest BCUT2D eigenvalue weighted by Gasteiger charge is 2.51. The molecule has 2 aromatic carbocycles. The van der Waals surface area contributed by atoms with Gasteiger partial charge in [-0.1, -0.05) is 62.9 Å². The van der Waals surface area contributed by atoms with E-state index in [2.05, 4.69) is 56.8 Å². The van der Waals surface area contributed by atoms with Crippen LogP contribution in [0.5, 0.6) is 0 Å². The molecule has 0 amide bonds. The van der Waals surface area contributed by atoms with Crippen LogP contribution in [-0.4, -0.2) is 0 Å². The summed E-state index contributed by atoms with van der Waals surface area (Å²) in [5, 5.41) is 0. The van der Waals surface area contributed by atoms with E-state index in [1.54, 1.807) is 6.07 Å². The lowest BCUT2D eigenvalue weighted by atomic mass is 9.86. The first-order valence-corrected chi connectivity index (χ1v) is 9.18. The molecule has 3 rings (SSSR count). The van der Waals surface area contributed by atoms with E-state index in [1.165, 1.54) is 30.0 Å². The lowest BCUT2D eigenvalue weighted by molar-refractivity contribution is 0.602. The van der Waals surface area contributed by atoms with Crippen molar-refractivity contribution >= 4 is 5.57 Å². The first-order valence-electron chi connectivity index (χ1n) is 9.18. The molecule has 0 heterocycles. The topological polar surface area (TPSA) is 0 Å². The molecule has 2 aromatic rings. The second-order valence-corrected chi connectivity index (χ2v) is 7.36. The van der Waals surface area contributed by atoms with Gasteiger partial charge >= 0.3 is 0 Å². The average Bonchev–Trinajstić information content (AvgIpc) is 3.26. The van der Waals surface area contributed by atoms with E-state index in [4.69, 9.17) is 0 Å². The van der Waals surface area contributed by atoms with E-state index in [9.17, 15) is 4.39 Å². The van der Waals surface area contributed by atoms with Gasteiger partial charge in [-0.3, -0.25) is 0 Å². The highest BCUT2D eigenvalue weighted by Crippen LogP contribution is 2.57. The van der Waals surface area contributed by atoms with E-state index in [0.29, 0.717) is 5.41 Å². The lowest BCUT2D eigenvalue weighted by Crippen LogP contribution is -2.10. The van der Waals surface area contributed by atoms with Gasteiger partial charge in [-0.15, -0.1) is 0 Å². The van der Waals surface area contributed by atoms with E-state index < -0.39 is 0 Å². The van der Waals surface area contributed by atoms with Crippen molar-refractivity contribution in [1.29, 1.82) is 0 Å². The Labute approximate surface area is 151 Å². The van der Waals surface area contributed by atoms with Gasteiger partial charge in [0.25, 0.3) is 0 Å². The van der Waals surface area contributed by atoms with Crippen LogP contribution in [0.4, 0.5) is 4.39 Å². The molecule has 25 heavy (non-hydrogen) atoms. The maximum atomic E-state index is 13.3. The van der Waals surface area contributed by atoms with Gasteiger partial charge in [-0.25, -0.2) is 4.39 Å². The Morgan fingerprint density at radius 3 is 2.64 bits per heavy atom. The van der Waals surface area contributed by atoms with E-state index in [0.717, 1.165) is 29.0 Å². The molecule has 2 atom stereocenters. The van der Waals surface area contributed by atoms with Crippen molar-refractivity contribution in [2.45, 2.75) is 45.4 Å². The van der Waals surface area contributed by atoms with E-state index in [-0.39, 0.29) is 5.82 Å². The molecule has 2 unspecified atom stereocenters. The number of hydrogen-bond acceptors (Lipinski definition) is 0. The highest BCUT2D eigenvalue weighted by molar-refractivity contribution is 5.74. The van der Waals surface area contributed by atoms with Gasteiger partial charge in [0.1, 0.15) is 5.82 Å². The molecule has 0 aromatic heterocycles. The van der Waals surface area contributed by atoms with Gasteiger partial charge in [0.05, 0.1) is 0 Å². The average molecular weight is 334 g/mol. The van der Waals surface area contributed by atoms with Crippen LogP contribution in [0.25, 0.3) is 5.57 Å². The van der Waals surface area contributed by atoms with Crippen molar-refractivity contribution in [3.05, 3.63) is 89.3 Å². The molecule has 1 heteroatoms. The van der Waals surface area contributed by atoms with Gasteiger partial charge < -0.3 is 0 Å². The van der Waals surface area contributed by atoms with Crippen LogP contribution in [0.1, 0.15) is 48.9 Å². The summed E-state index contributed by atoms with van der Waals surface area (Å²) < 4.78 is 13.3. The molecule has 1 saturated carbocycles. The molecule has 1 aliphatic rings. The monoisotopic (exact) mass is 334 g/mol. The zero-order valence-corrected chi connectivity index (χ0v) is 15.5. The Bertz CT molecular complexity index is 811. The van der Waals surface area contributed by atoms with Crippen molar-refractivity contribution in [3.63, 3.8) is 0 Å². The third-order valence-corrected chi connectivity index (χ3v) is 5.83. The summed E-state index contributed by atoms with van der Waals surface area (Å²) in [6.07, 6.45) is 7.65. The fraction of sp³-hybridized carbons (Fsp3) is 0.333. The van der Waals surface area contributed by atoms with Crippen molar-refractivity contribution < 1.29 is 4.39 Å². The maximum absolute atomic E-state index is 13.3. The zero-order chi connectivity index (χ0) is 18.0. The molecule has 1 aliphatic carbocycles. The predicted molar refractivity (Wildman–Crippen MR) is 105 cm³/mol. The maximum Gasteiger partial charge on any atom is 0.123 e. The fourth-order valence-electron chi connectivity index (χ4n) is 4.14. The largest absolute Gasteiger partial charge is 0.207 e. The number of halogens is 1. The molecule has 0 aliphatic heterocycles. The minimum Gasteiger partial charge on any atom is -0.207 e. The molecule has 130 valence electrons. The molecule has 0 nitrogen and oxygen atoms in total. The summed E-state index contributed by atoms with van der Waals surface area (Å²) in [7, 11) is 0. The third kappa shape index (κ3) is 3.46. The summed E-state index contributed by atoms with van der Waals surface area (Å²) in [5.41, 5.74) is 6.17. The van der Waals surface area contributed by atoms with Gasteiger partial charge in [-0.05, 0) is 77.5 Å². The van der Waals surface area contributed by atoms with Crippen molar-refractivity contribution in [1.82, 2.24) is 0 Å². The van der Waals surface area contributed by atoms with Crippen molar-refractivity contribution in [3.8, 4) is 0 Å². The quantitative estimate of drug-likeness (QED) is 0.520. The minimum atomic E-state index is -0.199. The first-order chi connectivity index (χ1) is 12.0. The predicted octanol–water partition coefficient (Wildman–Crippen LogP) is 6.63. The Kier molecular flexibility index (Phi) is 4.94. The molecule has 0 spiro atoms. The molecule has 0 radical (unpaired) electrons. The zero-order valence-electron chi connectivity index (χ0n) is 15.5. The molecular formula is C24H27F. The van der Waals surface area contributed by atoms with E-state index in [1.807, 2.05) is 13.0 Å². The number of rotatable bonds is 6. The summed E-state index contributed by atoms with van der Waals surface area (Å²) >= 11 is 0. The molecular weight excluding hydrogens is 307 g/mol. The second kappa shape index (κ2) is 7.00. The SMILES string of the molecule is C=C(/C=C\Cc1ccccc1C1(CC)CC1C)c1ccc(F)cc1C. The van der Waals surface area contributed by atoms with Crippen molar-refractivity contribution in [2.24, 2.45) is 5.92 Å². The van der Waals surface area contributed by atoms with Crippen LogP contribution in [0.15, 0.2) is 61.2 Å². The molecule has 0 N–H and O–H groups in total. The standard InChI is InChI=1S/C24H27F/c1-5-24(16-19(24)4)23-12-7-6-10-20(23)11-8-9-17(2)22-14-13-21(25)15-18(22)3/h6-10,12-15,19H,2,5,11,16H2,1,3-4H3/b9-8-. The minimum absolute atomic E-state index is 0.199. The highest BCUT2D eigenvalue weighted by atomic mass is 19.1. The smallest absolute Gasteiger partial charge is 0.123 e. The molecule has 0 saturated heterocycles. The summed E-state index contributed by atoms with van der Waals surface area (Å²) in [5.74, 6) is 0.579. The van der Waals surface area contributed by atoms with Crippen LogP contribution in [-0.2, 0) is 11.8 Å². The van der Waals surface area contributed by atoms with E-state index >= 15 is 0 Å². The first kappa shape index (κ1) is 17.7. The van der Waals surface area contributed by atoms with Gasteiger partial charge in [-0.2, -0.15) is 0 Å². The second-order valence-electron chi connectivity index (χ2n) is 7.36. The van der Waals surface area contributed by atoms with Crippen LogP contribution >= 0.6 is 0 Å². The third-order valence-electron chi connectivity index (χ3n) is 5.83. The normalized spacial score (nSPS) is 22.3. The van der Waals surface area contributed by atoms with Crippen LogP contribution in [0, 0.1) is 18.7 Å². The Morgan fingerprint density at radius 2 is 2.00 bits per heavy atom. The number of benzene rings is 2. The Morgan fingerprint density at radius 1 is 1.28 bits per heavy atom. The Balaban J connectivity index is 1.76. The number of allylic oxidation sites excluding steroid dienone is 3. The number of hydrogen-bond donors (Lipinski definition) is 0. The Hall–Kier alpha value is -2.15. The molecule has 1 fully saturated rings. The number of aryl methyl sites for hydroxylation is 1. The van der Waals surface area contributed by atoms with Crippen LogP contribution in [0.3, 0.4) is 0 Å². The van der Waals surface area contributed by atoms with Crippen LogP contribution < -0.4 is 0 Å². The summed E-state index contributed by atoms with van der Waals surface area (Å²) in [6, 6.07) is 13.7. The van der Waals surface area contributed by atoms with Crippen molar-refractivity contribution in [2.75, 3.05) is 0 Å². The van der Waals surface area contributed by atoms with Crippen LogP contribution in [0.2, 0.25) is 0 Å².